The van der Waals surface area contributed by atoms with Crippen LogP contribution in [0.25, 0.3) is 5.76 Å². The first-order valence-corrected chi connectivity index (χ1v) is 10.1. The van der Waals surface area contributed by atoms with Gasteiger partial charge >= 0.3 is 0 Å². The molecule has 1 aliphatic rings. The maximum absolute atomic E-state index is 14.0. The van der Waals surface area contributed by atoms with Crippen LogP contribution in [0.5, 0.6) is 5.75 Å². The van der Waals surface area contributed by atoms with Gasteiger partial charge in [-0.25, -0.2) is 8.78 Å². The Kier molecular flexibility index (Phi) is 5.68. The third kappa shape index (κ3) is 3.73. The van der Waals surface area contributed by atoms with E-state index in [9.17, 15) is 23.5 Å². The van der Waals surface area contributed by atoms with Crippen molar-refractivity contribution < 1.29 is 28.2 Å². The number of ketones is 1. The molecule has 1 atom stereocenters. The maximum Gasteiger partial charge on any atom is 0.300 e. The third-order valence-electron chi connectivity index (χ3n) is 5.59. The number of pyridine rings is 1. The van der Waals surface area contributed by atoms with Gasteiger partial charge in [-0.3, -0.25) is 19.5 Å². The number of Topliss-reactive ketones (excluding diaryl/α,β-unsaturated/α-hetero) is 1. The highest BCUT2D eigenvalue weighted by Crippen LogP contribution is 2.42. The number of rotatable bonds is 4. The third-order valence-corrected chi connectivity index (χ3v) is 5.59. The quantitative estimate of drug-likeness (QED) is 0.357. The predicted octanol–water partition coefficient (Wildman–Crippen LogP) is 4.61. The van der Waals surface area contributed by atoms with Crippen LogP contribution in [0.4, 0.5) is 14.5 Å². The van der Waals surface area contributed by atoms with E-state index in [4.69, 9.17) is 4.74 Å². The van der Waals surface area contributed by atoms with E-state index in [-0.39, 0.29) is 17.0 Å². The average Bonchev–Trinajstić information content (AvgIpc) is 3.07. The fourth-order valence-electron chi connectivity index (χ4n) is 3.96. The molecule has 2 aromatic carbocycles. The van der Waals surface area contributed by atoms with Crippen LogP contribution >= 0.6 is 0 Å². The summed E-state index contributed by atoms with van der Waals surface area (Å²) in [6.07, 6.45) is 1.48. The van der Waals surface area contributed by atoms with Gasteiger partial charge in [-0.1, -0.05) is 6.07 Å². The fourth-order valence-corrected chi connectivity index (χ4v) is 3.96. The smallest absolute Gasteiger partial charge is 0.300 e. The standard InChI is InChI=1S/C25H20F2N2O4/c1-13-11-20(33-3)14(2)10-16(13)23(30)21-22(19-6-4-5-9-28-19)29(25(32)24(21)31)15-7-8-17(26)18(27)12-15/h4-12,22,30H,1-3H3/b23-21+. The number of hydrogen-bond acceptors (Lipinski definition) is 5. The first-order chi connectivity index (χ1) is 15.7. The molecular formula is C25H20F2N2O4. The number of ether oxygens (including phenoxy) is 1. The number of aliphatic hydroxyl groups excluding tert-OH is 1. The Balaban J connectivity index is 1.97. The molecule has 1 aliphatic heterocycles. The number of benzene rings is 2. The molecule has 1 N–H and O–H groups in total. The molecule has 0 radical (unpaired) electrons. The normalized spacial score (nSPS) is 17.5. The second-order valence-electron chi connectivity index (χ2n) is 7.66. The van der Waals surface area contributed by atoms with Gasteiger partial charge in [0.1, 0.15) is 17.6 Å². The molecule has 168 valence electrons. The van der Waals surface area contributed by atoms with Gasteiger partial charge in [0.25, 0.3) is 11.7 Å². The van der Waals surface area contributed by atoms with Gasteiger partial charge < -0.3 is 9.84 Å². The summed E-state index contributed by atoms with van der Waals surface area (Å²) in [5, 5.41) is 11.2. The van der Waals surface area contributed by atoms with E-state index in [1.165, 1.54) is 19.4 Å². The van der Waals surface area contributed by atoms with E-state index in [1.807, 2.05) is 0 Å². The number of aliphatic hydroxyl groups is 1. The molecule has 4 rings (SSSR count). The Hall–Kier alpha value is -4.07. The monoisotopic (exact) mass is 450 g/mol. The SMILES string of the molecule is COc1cc(C)c(/C(O)=C2\C(=O)C(=O)N(c3ccc(F)c(F)c3)C2c2ccccn2)cc1C. The molecule has 0 bridgehead atoms. The van der Waals surface area contributed by atoms with Crippen molar-refractivity contribution in [2.45, 2.75) is 19.9 Å². The number of aryl methyl sites for hydroxylation is 2. The van der Waals surface area contributed by atoms with Crippen LogP contribution in [-0.2, 0) is 9.59 Å². The van der Waals surface area contributed by atoms with Gasteiger partial charge in [-0.05, 0) is 61.4 Å². The minimum absolute atomic E-state index is 0.0339. The highest BCUT2D eigenvalue weighted by atomic mass is 19.2. The summed E-state index contributed by atoms with van der Waals surface area (Å²) in [4.78, 5) is 31.5. The van der Waals surface area contributed by atoms with E-state index in [1.54, 1.807) is 44.2 Å². The van der Waals surface area contributed by atoms with Crippen molar-refractivity contribution in [1.29, 1.82) is 0 Å². The summed E-state index contributed by atoms with van der Waals surface area (Å²) in [6, 6.07) is 10.0. The number of halogens is 2. The van der Waals surface area contributed by atoms with Crippen LogP contribution < -0.4 is 9.64 Å². The zero-order valence-electron chi connectivity index (χ0n) is 18.1. The molecule has 1 aromatic heterocycles. The van der Waals surface area contributed by atoms with Crippen molar-refractivity contribution in [3.8, 4) is 5.75 Å². The molecule has 0 saturated carbocycles. The largest absolute Gasteiger partial charge is 0.507 e. The number of methoxy groups -OCH3 is 1. The number of aromatic nitrogens is 1. The van der Waals surface area contributed by atoms with E-state index in [0.717, 1.165) is 17.0 Å². The molecule has 2 heterocycles. The Morgan fingerprint density at radius 3 is 2.42 bits per heavy atom. The van der Waals surface area contributed by atoms with Crippen LogP contribution in [-0.4, -0.2) is 28.9 Å². The molecule has 1 saturated heterocycles. The number of nitrogens with zero attached hydrogens (tertiary/aromatic N) is 2. The lowest BCUT2D eigenvalue weighted by atomic mass is 9.95. The van der Waals surface area contributed by atoms with Crippen molar-refractivity contribution in [3.05, 3.63) is 94.3 Å². The van der Waals surface area contributed by atoms with Gasteiger partial charge in [0.05, 0.1) is 18.4 Å². The highest BCUT2D eigenvalue weighted by Gasteiger charge is 2.48. The minimum atomic E-state index is -1.17. The van der Waals surface area contributed by atoms with Crippen molar-refractivity contribution in [1.82, 2.24) is 4.98 Å². The number of carbonyl (C=O) groups is 2. The Morgan fingerprint density at radius 1 is 1.03 bits per heavy atom. The molecule has 3 aromatic rings. The molecule has 0 aliphatic carbocycles. The molecule has 1 unspecified atom stereocenters. The van der Waals surface area contributed by atoms with Gasteiger partial charge in [0.2, 0.25) is 0 Å². The molecule has 1 amide bonds. The fraction of sp³-hybridized carbons (Fsp3) is 0.160. The molecule has 6 nitrogen and oxygen atoms in total. The molecule has 0 spiro atoms. The van der Waals surface area contributed by atoms with Crippen molar-refractivity contribution >= 4 is 23.1 Å². The minimum Gasteiger partial charge on any atom is -0.507 e. The summed E-state index contributed by atoms with van der Waals surface area (Å²) < 4.78 is 32.8. The number of carbonyl (C=O) groups excluding carboxylic acids is 2. The average molecular weight is 450 g/mol. The van der Waals surface area contributed by atoms with Crippen molar-refractivity contribution in [2.75, 3.05) is 12.0 Å². The second kappa shape index (κ2) is 8.46. The summed E-state index contributed by atoms with van der Waals surface area (Å²) in [5.74, 6) is -3.99. The summed E-state index contributed by atoms with van der Waals surface area (Å²) in [7, 11) is 1.52. The van der Waals surface area contributed by atoms with Crippen LogP contribution in [0, 0.1) is 25.5 Å². The van der Waals surface area contributed by atoms with Gasteiger partial charge in [-0.2, -0.15) is 0 Å². The van der Waals surface area contributed by atoms with E-state index < -0.39 is 35.1 Å². The van der Waals surface area contributed by atoms with Crippen LogP contribution in [0.3, 0.4) is 0 Å². The lowest BCUT2D eigenvalue weighted by Crippen LogP contribution is -2.30. The van der Waals surface area contributed by atoms with Crippen LogP contribution in [0.2, 0.25) is 0 Å². The molecule has 33 heavy (non-hydrogen) atoms. The first kappa shape index (κ1) is 22.1. The second-order valence-corrected chi connectivity index (χ2v) is 7.66. The zero-order chi connectivity index (χ0) is 23.9. The Morgan fingerprint density at radius 2 is 1.79 bits per heavy atom. The van der Waals surface area contributed by atoms with Gasteiger partial charge in [0, 0.05) is 23.5 Å². The van der Waals surface area contributed by atoms with Crippen molar-refractivity contribution in [2.24, 2.45) is 0 Å². The van der Waals surface area contributed by atoms with Crippen molar-refractivity contribution in [3.63, 3.8) is 0 Å². The number of hydrogen-bond donors (Lipinski definition) is 1. The summed E-state index contributed by atoms with van der Waals surface area (Å²) >= 11 is 0. The molecule has 8 heteroatoms. The number of amides is 1. The first-order valence-electron chi connectivity index (χ1n) is 10.1. The number of anilines is 1. The Labute approximate surface area is 188 Å². The lowest BCUT2D eigenvalue weighted by molar-refractivity contribution is -0.132. The van der Waals surface area contributed by atoms with E-state index in [0.29, 0.717) is 22.4 Å². The zero-order valence-corrected chi connectivity index (χ0v) is 18.1. The predicted molar refractivity (Wildman–Crippen MR) is 118 cm³/mol. The van der Waals surface area contributed by atoms with Crippen LogP contribution in [0.1, 0.15) is 28.4 Å². The van der Waals surface area contributed by atoms with E-state index >= 15 is 0 Å². The molecular weight excluding hydrogens is 430 g/mol. The van der Waals surface area contributed by atoms with Crippen LogP contribution in [0.15, 0.2) is 60.3 Å². The van der Waals surface area contributed by atoms with Gasteiger partial charge in [-0.15, -0.1) is 0 Å². The summed E-state index contributed by atoms with van der Waals surface area (Å²) in [6.45, 7) is 3.52. The van der Waals surface area contributed by atoms with Gasteiger partial charge in [0.15, 0.2) is 11.6 Å². The molecule has 1 fully saturated rings. The topological polar surface area (TPSA) is 79.7 Å². The lowest BCUT2D eigenvalue weighted by Gasteiger charge is -2.25. The maximum atomic E-state index is 14.0. The Bertz CT molecular complexity index is 1310. The van der Waals surface area contributed by atoms with E-state index in [2.05, 4.69) is 4.98 Å². The highest BCUT2D eigenvalue weighted by molar-refractivity contribution is 6.51. The summed E-state index contributed by atoms with van der Waals surface area (Å²) in [5.41, 5.74) is 1.73.